The van der Waals surface area contributed by atoms with E-state index in [0.717, 1.165) is 5.56 Å². The lowest BCUT2D eigenvalue weighted by Gasteiger charge is -2.38. The highest BCUT2D eigenvalue weighted by Gasteiger charge is 2.36. The molecule has 0 aromatic carbocycles. The molecule has 2 aromatic rings. The molecule has 7 nitrogen and oxygen atoms in total. The number of aliphatic hydroxyl groups is 1. The molecule has 3 rings (SSSR count). The quantitative estimate of drug-likeness (QED) is 0.790. The second-order valence-electron chi connectivity index (χ2n) is 5.77. The van der Waals surface area contributed by atoms with Gasteiger partial charge in [-0.25, -0.2) is 4.98 Å². The van der Waals surface area contributed by atoms with Crippen LogP contribution in [0, 0.1) is 12.8 Å². The molecule has 3 N–H and O–H groups in total. The molecule has 0 bridgehead atoms. The van der Waals surface area contributed by atoms with Gasteiger partial charge in [0.2, 0.25) is 0 Å². The minimum atomic E-state index is -0.366. The summed E-state index contributed by atoms with van der Waals surface area (Å²) < 4.78 is 1.72. The highest BCUT2D eigenvalue weighted by Crippen LogP contribution is 2.40. The van der Waals surface area contributed by atoms with Crippen LogP contribution in [0.5, 0.6) is 0 Å². The van der Waals surface area contributed by atoms with Gasteiger partial charge in [-0.1, -0.05) is 11.6 Å². The first-order valence-corrected chi connectivity index (χ1v) is 7.51. The lowest BCUT2D eigenvalue weighted by Crippen LogP contribution is -2.36. The van der Waals surface area contributed by atoms with Crippen LogP contribution in [0.3, 0.4) is 0 Å². The van der Waals surface area contributed by atoms with Gasteiger partial charge in [0.25, 0.3) is 5.56 Å². The third-order valence-electron chi connectivity index (χ3n) is 3.98. The van der Waals surface area contributed by atoms with Crippen molar-refractivity contribution in [1.82, 2.24) is 19.7 Å². The Morgan fingerprint density at radius 3 is 2.86 bits per heavy atom. The molecule has 0 saturated heterocycles. The van der Waals surface area contributed by atoms with Gasteiger partial charge >= 0.3 is 0 Å². The summed E-state index contributed by atoms with van der Waals surface area (Å²) in [7, 11) is 1.85. The van der Waals surface area contributed by atoms with E-state index in [4.69, 9.17) is 11.6 Å². The molecule has 1 saturated carbocycles. The largest absolute Gasteiger partial charge is 0.393 e. The topological polar surface area (TPSA) is 95.8 Å². The van der Waals surface area contributed by atoms with Gasteiger partial charge < -0.3 is 15.4 Å². The number of nitrogens with one attached hydrogen (secondary N) is 2. The van der Waals surface area contributed by atoms with E-state index in [1.54, 1.807) is 17.8 Å². The standard InChI is InChI=1S/C14H18ClN5O2/c1-7-17-13(11(15)14(22)18-7)19-12(8-3-10(21)4-8)9-5-16-20(2)6-9/h5-6,8,10,12,21H,3-4H2,1-2H3,(H2,17,18,19,22)/t8?,10?,12-/m0/s1. The van der Waals surface area contributed by atoms with Crippen molar-refractivity contribution in [2.45, 2.75) is 31.9 Å². The Kier molecular flexibility index (Phi) is 3.92. The van der Waals surface area contributed by atoms with Crippen molar-refractivity contribution in [3.8, 4) is 0 Å². The first kappa shape index (κ1) is 15.1. The minimum absolute atomic E-state index is 0.0411. The highest BCUT2D eigenvalue weighted by atomic mass is 35.5. The van der Waals surface area contributed by atoms with Crippen LogP contribution in [0.2, 0.25) is 5.02 Å². The van der Waals surface area contributed by atoms with Gasteiger partial charge in [0.1, 0.15) is 10.8 Å². The van der Waals surface area contributed by atoms with Gasteiger partial charge in [0.05, 0.1) is 18.3 Å². The molecule has 2 heterocycles. The van der Waals surface area contributed by atoms with Crippen molar-refractivity contribution in [1.29, 1.82) is 0 Å². The first-order chi connectivity index (χ1) is 10.4. The smallest absolute Gasteiger partial charge is 0.271 e. The van der Waals surface area contributed by atoms with E-state index in [9.17, 15) is 9.90 Å². The van der Waals surface area contributed by atoms with Gasteiger partial charge in [0, 0.05) is 18.8 Å². The fourth-order valence-corrected chi connectivity index (χ4v) is 2.93. The molecule has 0 radical (unpaired) electrons. The predicted molar refractivity (Wildman–Crippen MR) is 82.9 cm³/mol. The summed E-state index contributed by atoms with van der Waals surface area (Å²) in [5.41, 5.74) is 0.616. The lowest BCUT2D eigenvalue weighted by molar-refractivity contribution is 0.0339. The summed E-state index contributed by atoms with van der Waals surface area (Å²) in [5, 5.41) is 17.1. The summed E-state index contributed by atoms with van der Waals surface area (Å²) >= 11 is 6.06. The number of aromatic amines is 1. The SMILES string of the molecule is Cc1nc(N[C@H](c2cnn(C)c2)C2CC(O)C2)c(Cl)c(=O)[nH]1. The van der Waals surface area contributed by atoms with E-state index in [-0.39, 0.29) is 28.6 Å². The molecule has 1 aliphatic rings. The van der Waals surface area contributed by atoms with E-state index in [0.29, 0.717) is 24.5 Å². The third kappa shape index (κ3) is 2.86. The zero-order chi connectivity index (χ0) is 15.9. The van der Waals surface area contributed by atoms with Crippen LogP contribution in [-0.4, -0.2) is 31.0 Å². The Balaban J connectivity index is 1.92. The molecule has 1 aliphatic carbocycles. The number of aliphatic hydroxyl groups excluding tert-OH is 1. The molecular formula is C14H18ClN5O2. The minimum Gasteiger partial charge on any atom is -0.393 e. The molecule has 1 atom stereocenters. The van der Waals surface area contributed by atoms with Crippen LogP contribution >= 0.6 is 11.6 Å². The van der Waals surface area contributed by atoms with Crippen LogP contribution in [0.4, 0.5) is 5.82 Å². The average Bonchev–Trinajstić information content (AvgIpc) is 2.84. The van der Waals surface area contributed by atoms with E-state index >= 15 is 0 Å². The predicted octanol–water partition coefficient (Wildman–Crippen LogP) is 1.39. The molecule has 0 spiro atoms. The van der Waals surface area contributed by atoms with Crippen LogP contribution in [0.25, 0.3) is 0 Å². The van der Waals surface area contributed by atoms with Crippen molar-refractivity contribution in [3.63, 3.8) is 0 Å². The number of hydrogen-bond donors (Lipinski definition) is 3. The highest BCUT2D eigenvalue weighted by molar-refractivity contribution is 6.32. The summed E-state index contributed by atoms with van der Waals surface area (Å²) in [6, 6.07) is -0.0942. The van der Waals surface area contributed by atoms with Gasteiger partial charge in [-0.15, -0.1) is 0 Å². The van der Waals surface area contributed by atoms with Gasteiger partial charge in [-0.3, -0.25) is 9.48 Å². The van der Waals surface area contributed by atoms with Crippen molar-refractivity contribution < 1.29 is 5.11 Å². The number of aryl methyl sites for hydroxylation is 2. The zero-order valence-corrected chi connectivity index (χ0v) is 13.1. The second-order valence-corrected chi connectivity index (χ2v) is 6.15. The number of anilines is 1. The van der Waals surface area contributed by atoms with E-state index < -0.39 is 0 Å². The maximum Gasteiger partial charge on any atom is 0.271 e. The van der Waals surface area contributed by atoms with E-state index in [2.05, 4.69) is 20.4 Å². The molecule has 8 heteroatoms. The van der Waals surface area contributed by atoms with Crippen molar-refractivity contribution in [2.24, 2.45) is 13.0 Å². The van der Waals surface area contributed by atoms with E-state index in [1.807, 2.05) is 13.2 Å². The first-order valence-electron chi connectivity index (χ1n) is 7.13. The molecule has 0 amide bonds. The van der Waals surface area contributed by atoms with Crippen LogP contribution in [0.15, 0.2) is 17.2 Å². The normalized spacial score (nSPS) is 22.2. The molecular weight excluding hydrogens is 306 g/mol. The van der Waals surface area contributed by atoms with Crippen LogP contribution < -0.4 is 10.9 Å². The number of H-pyrrole nitrogens is 1. The number of halogens is 1. The summed E-state index contributed by atoms with van der Waals surface area (Å²) in [6.07, 6.45) is 4.82. The maximum absolute atomic E-state index is 11.8. The monoisotopic (exact) mass is 323 g/mol. The maximum atomic E-state index is 11.8. The molecule has 22 heavy (non-hydrogen) atoms. The third-order valence-corrected chi connectivity index (χ3v) is 4.33. The number of nitrogens with zero attached hydrogens (tertiary/aromatic N) is 3. The Morgan fingerprint density at radius 1 is 1.55 bits per heavy atom. The Labute approximate surface area is 132 Å². The van der Waals surface area contributed by atoms with Gasteiger partial charge in [0.15, 0.2) is 5.82 Å². The van der Waals surface area contributed by atoms with Gasteiger partial charge in [-0.05, 0) is 25.7 Å². The van der Waals surface area contributed by atoms with E-state index in [1.165, 1.54) is 0 Å². The molecule has 1 fully saturated rings. The molecule has 0 unspecified atom stereocenters. The Morgan fingerprint density at radius 2 is 2.27 bits per heavy atom. The number of aromatic nitrogens is 4. The number of rotatable bonds is 4. The lowest BCUT2D eigenvalue weighted by atomic mass is 9.75. The Hall–Kier alpha value is -1.86. The Bertz CT molecular complexity index is 735. The molecule has 2 aromatic heterocycles. The number of hydrogen-bond acceptors (Lipinski definition) is 5. The molecule has 118 valence electrons. The summed E-state index contributed by atoms with van der Waals surface area (Å²) in [6.45, 7) is 1.70. The summed E-state index contributed by atoms with van der Waals surface area (Å²) in [5.74, 6) is 1.10. The van der Waals surface area contributed by atoms with Crippen LogP contribution in [-0.2, 0) is 7.05 Å². The fraction of sp³-hybridized carbons (Fsp3) is 0.500. The van der Waals surface area contributed by atoms with Crippen molar-refractivity contribution in [2.75, 3.05) is 5.32 Å². The van der Waals surface area contributed by atoms with Crippen molar-refractivity contribution >= 4 is 17.4 Å². The fourth-order valence-electron chi connectivity index (χ4n) is 2.79. The van der Waals surface area contributed by atoms with Crippen molar-refractivity contribution in [3.05, 3.63) is 39.2 Å². The second kappa shape index (κ2) is 5.73. The van der Waals surface area contributed by atoms with Crippen LogP contribution in [0.1, 0.15) is 30.3 Å². The average molecular weight is 324 g/mol. The molecule has 0 aliphatic heterocycles. The van der Waals surface area contributed by atoms with Gasteiger partial charge in [-0.2, -0.15) is 5.10 Å². The zero-order valence-electron chi connectivity index (χ0n) is 12.4. The summed E-state index contributed by atoms with van der Waals surface area (Å²) in [4.78, 5) is 18.6.